The Labute approximate surface area is 196 Å². The van der Waals surface area contributed by atoms with Crippen LogP contribution in [0.5, 0.6) is 5.88 Å². The van der Waals surface area contributed by atoms with Crippen LogP contribution in [0.15, 0.2) is 35.7 Å². The number of ether oxygens (including phenoxy) is 1. The predicted molar refractivity (Wildman–Crippen MR) is 125 cm³/mol. The van der Waals surface area contributed by atoms with E-state index in [9.17, 15) is 8.42 Å². The van der Waals surface area contributed by atoms with Crippen LogP contribution in [0.2, 0.25) is 0 Å². The van der Waals surface area contributed by atoms with E-state index in [1.54, 1.807) is 32.2 Å². The lowest BCUT2D eigenvalue weighted by Crippen LogP contribution is -2.58. The van der Waals surface area contributed by atoms with Crippen LogP contribution < -0.4 is 10.5 Å². The zero-order chi connectivity index (χ0) is 24.3. The number of aromatic nitrogens is 4. The van der Waals surface area contributed by atoms with E-state index in [2.05, 4.69) is 24.9 Å². The summed E-state index contributed by atoms with van der Waals surface area (Å²) in [5, 5.41) is 0. The molecule has 0 saturated heterocycles. The molecule has 3 aromatic rings. The van der Waals surface area contributed by atoms with Gasteiger partial charge in [-0.05, 0) is 50.3 Å². The fourth-order valence-corrected chi connectivity index (χ4v) is 7.08. The van der Waals surface area contributed by atoms with Crippen molar-refractivity contribution >= 4 is 26.8 Å². The van der Waals surface area contributed by atoms with Gasteiger partial charge in [0.2, 0.25) is 5.88 Å². The molecule has 5 rings (SSSR count). The molecule has 34 heavy (non-hydrogen) atoms. The molecule has 11 heteroatoms. The van der Waals surface area contributed by atoms with Crippen molar-refractivity contribution < 1.29 is 17.5 Å². The summed E-state index contributed by atoms with van der Waals surface area (Å²) in [5.74, 6) is -0.594. The maximum absolute atomic E-state index is 15.0. The first-order chi connectivity index (χ1) is 16.1. The van der Waals surface area contributed by atoms with Crippen LogP contribution in [0.1, 0.15) is 43.5 Å². The van der Waals surface area contributed by atoms with Gasteiger partial charge in [0.15, 0.2) is 15.5 Å². The van der Waals surface area contributed by atoms with Gasteiger partial charge >= 0.3 is 0 Å². The van der Waals surface area contributed by atoms with Crippen LogP contribution in [0, 0.1) is 11.7 Å². The standard InChI is InChI=1S/C23H25FN6O3S/c1-22(12-34(31,32)23(2,14-4-5-14)21(25)30-22)16-9-15(27-10-17(16)24)8-13-6-7-26-20-19(13)28-11-18(29-20)33-3/h6-7,9-11,14H,4-5,8,12H2,1-3H3,(H2,25,30)/t22-,23-/m0/s1. The molecule has 0 radical (unpaired) electrons. The molecule has 2 atom stereocenters. The second-order valence-corrected chi connectivity index (χ2v) is 11.7. The molecule has 1 aliphatic heterocycles. The number of fused-ring (bicyclic) bond motifs is 1. The lowest BCUT2D eigenvalue weighted by atomic mass is 9.92. The van der Waals surface area contributed by atoms with Gasteiger partial charge in [0.05, 0.1) is 25.3 Å². The number of amidine groups is 1. The largest absolute Gasteiger partial charge is 0.480 e. The monoisotopic (exact) mass is 484 g/mol. The summed E-state index contributed by atoms with van der Waals surface area (Å²) in [5.41, 5.74) is 7.34. The van der Waals surface area contributed by atoms with Crippen LogP contribution in [-0.2, 0) is 21.8 Å². The topological polar surface area (TPSA) is 133 Å². The highest BCUT2D eigenvalue weighted by Gasteiger charge is 2.58. The number of pyridine rings is 2. The number of hydrogen-bond acceptors (Lipinski definition) is 9. The normalized spacial score (nSPS) is 26.3. The summed E-state index contributed by atoms with van der Waals surface area (Å²) in [7, 11) is -2.17. The summed E-state index contributed by atoms with van der Waals surface area (Å²) in [4.78, 5) is 21.7. The van der Waals surface area contributed by atoms with Crippen LogP contribution in [0.25, 0.3) is 11.2 Å². The molecule has 3 aromatic heterocycles. The van der Waals surface area contributed by atoms with E-state index in [1.165, 1.54) is 13.3 Å². The van der Waals surface area contributed by atoms with Crippen LogP contribution in [0.4, 0.5) is 4.39 Å². The van der Waals surface area contributed by atoms with Crippen molar-refractivity contribution in [3.05, 3.63) is 53.4 Å². The molecule has 0 spiro atoms. The van der Waals surface area contributed by atoms with Gasteiger partial charge in [-0.25, -0.2) is 22.8 Å². The number of hydrogen-bond donors (Lipinski definition) is 1. The number of halogens is 1. The van der Waals surface area contributed by atoms with Gasteiger partial charge in [-0.3, -0.25) is 9.98 Å². The summed E-state index contributed by atoms with van der Waals surface area (Å²) in [6, 6.07) is 3.35. The number of aliphatic imine (C=N–C) groups is 1. The zero-order valence-corrected chi connectivity index (χ0v) is 19.9. The van der Waals surface area contributed by atoms with Gasteiger partial charge in [0, 0.05) is 23.9 Å². The molecule has 178 valence electrons. The Bertz CT molecular complexity index is 1440. The zero-order valence-electron chi connectivity index (χ0n) is 19.1. The minimum atomic E-state index is -3.67. The number of rotatable bonds is 5. The van der Waals surface area contributed by atoms with Crippen LogP contribution >= 0.6 is 0 Å². The molecular weight excluding hydrogens is 459 g/mol. The van der Waals surface area contributed by atoms with Gasteiger partial charge in [-0.1, -0.05) is 0 Å². The average Bonchev–Trinajstić information content (AvgIpc) is 3.64. The van der Waals surface area contributed by atoms with Crippen molar-refractivity contribution in [3.63, 3.8) is 0 Å². The molecule has 9 nitrogen and oxygen atoms in total. The SMILES string of the molecule is COc1cnc2c(Cc3cc([C@]4(C)CS(=O)(=O)[C@@](C)(C5CC5)C(N)=N4)c(F)cn3)ccnc2n1. The van der Waals surface area contributed by atoms with E-state index in [1.807, 2.05) is 0 Å². The summed E-state index contributed by atoms with van der Waals surface area (Å²) in [6.45, 7) is 3.24. The Morgan fingerprint density at radius 2 is 1.97 bits per heavy atom. The fourth-order valence-electron chi connectivity index (χ4n) is 4.71. The first kappa shape index (κ1) is 22.6. The number of methoxy groups -OCH3 is 1. The summed E-state index contributed by atoms with van der Waals surface area (Å²) >= 11 is 0. The van der Waals surface area contributed by atoms with Crippen LogP contribution in [-0.4, -0.2) is 51.8 Å². The third-order valence-electron chi connectivity index (χ3n) is 6.93. The van der Waals surface area contributed by atoms with Crippen molar-refractivity contribution in [2.75, 3.05) is 12.9 Å². The van der Waals surface area contributed by atoms with Gasteiger partial charge < -0.3 is 10.5 Å². The van der Waals surface area contributed by atoms with Crippen molar-refractivity contribution in [3.8, 4) is 5.88 Å². The summed E-state index contributed by atoms with van der Waals surface area (Å²) < 4.78 is 45.6. The highest BCUT2D eigenvalue weighted by atomic mass is 32.2. The molecule has 2 N–H and O–H groups in total. The van der Waals surface area contributed by atoms with E-state index < -0.39 is 25.9 Å². The molecule has 1 aliphatic carbocycles. The van der Waals surface area contributed by atoms with Gasteiger partial charge in [0.1, 0.15) is 27.5 Å². The van der Waals surface area contributed by atoms with E-state index >= 15 is 4.39 Å². The minimum Gasteiger partial charge on any atom is -0.480 e. The quantitative estimate of drug-likeness (QED) is 0.583. The van der Waals surface area contributed by atoms with E-state index in [0.717, 1.165) is 24.6 Å². The highest BCUT2D eigenvalue weighted by Crippen LogP contribution is 2.49. The average molecular weight is 485 g/mol. The Balaban J connectivity index is 1.54. The summed E-state index contributed by atoms with van der Waals surface area (Å²) in [6.07, 6.45) is 6.11. The van der Waals surface area contributed by atoms with E-state index in [0.29, 0.717) is 29.2 Å². The molecular formula is C23H25FN6O3S. The van der Waals surface area contributed by atoms with Gasteiger partial charge in [0.25, 0.3) is 0 Å². The van der Waals surface area contributed by atoms with E-state index in [-0.39, 0.29) is 23.1 Å². The number of nitrogens with two attached hydrogens (primary N) is 1. The van der Waals surface area contributed by atoms with Crippen molar-refractivity contribution in [1.82, 2.24) is 19.9 Å². The van der Waals surface area contributed by atoms with Crippen molar-refractivity contribution in [2.24, 2.45) is 16.6 Å². The van der Waals surface area contributed by atoms with Crippen LogP contribution in [0.3, 0.4) is 0 Å². The fraction of sp³-hybridized carbons (Fsp3) is 0.435. The number of sulfone groups is 1. The van der Waals surface area contributed by atoms with Gasteiger partial charge in [-0.2, -0.15) is 4.98 Å². The van der Waals surface area contributed by atoms with Crippen molar-refractivity contribution in [2.45, 2.75) is 43.4 Å². The smallest absolute Gasteiger partial charge is 0.234 e. The lowest BCUT2D eigenvalue weighted by molar-refractivity contribution is 0.397. The third kappa shape index (κ3) is 3.49. The highest BCUT2D eigenvalue weighted by molar-refractivity contribution is 7.93. The molecule has 0 unspecified atom stereocenters. The second kappa shape index (κ2) is 7.66. The molecule has 4 heterocycles. The Morgan fingerprint density at radius 3 is 2.65 bits per heavy atom. The maximum Gasteiger partial charge on any atom is 0.234 e. The minimum absolute atomic E-state index is 0.0386. The molecule has 0 amide bonds. The first-order valence-electron chi connectivity index (χ1n) is 10.9. The Kier molecular flexibility index (Phi) is 5.08. The lowest BCUT2D eigenvalue weighted by Gasteiger charge is -2.40. The molecule has 0 aromatic carbocycles. The Morgan fingerprint density at radius 1 is 1.21 bits per heavy atom. The Hall–Kier alpha value is -3.21. The van der Waals surface area contributed by atoms with Crippen molar-refractivity contribution in [1.29, 1.82) is 0 Å². The third-order valence-corrected chi connectivity index (χ3v) is 9.71. The molecule has 2 aliphatic rings. The van der Waals surface area contributed by atoms with Gasteiger partial charge in [-0.15, -0.1) is 0 Å². The number of nitrogens with zero attached hydrogens (tertiary/aromatic N) is 5. The molecule has 1 saturated carbocycles. The molecule has 1 fully saturated rings. The first-order valence-corrected chi connectivity index (χ1v) is 12.6. The van der Waals surface area contributed by atoms with E-state index in [4.69, 9.17) is 10.5 Å². The predicted octanol–water partition coefficient (Wildman–Crippen LogP) is 2.33. The second-order valence-electron chi connectivity index (χ2n) is 9.30. The maximum atomic E-state index is 15.0. The molecule has 0 bridgehead atoms.